The van der Waals surface area contributed by atoms with Gasteiger partial charge in [0.2, 0.25) is 0 Å². The molecule has 0 saturated heterocycles. The predicted molar refractivity (Wildman–Crippen MR) is 77.5 cm³/mol. The van der Waals surface area contributed by atoms with Crippen molar-refractivity contribution in [1.29, 1.82) is 0 Å². The summed E-state index contributed by atoms with van der Waals surface area (Å²) in [5.41, 5.74) is 2.52. The summed E-state index contributed by atoms with van der Waals surface area (Å²) in [6.07, 6.45) is 8.15. The Bertz CT molecular complexity index is 500. The van der Waals surface area contributed by atoms with Gasteiger partial charge in [-0.2, -0.15) is 0 Å². The molecule has 2 aliphatic rings. The van der Waals surface area contributed by atoms with Crippen LogP contribution < -0.4 is 0 Å². The van der Waals surface area contributed by atoms with E-state index in [1.54, 1.807) is 0 Å². The monoisotopic (exact) mass is 273 g/mol. The van der Waals surface area contributed by atoms with E-state index in [4.69, 9.17) is 0 Å². The van der Waals surface area contributed by atoms with Crippen molar-refractivity contribution in [2.45, 2.75) is 51.4 Å². The van der Waals surface area contributed by atoms with Crippen LogP contribution in [0.3, 0.4) is 0 Å². The third kappa shape index (κ3) is 2.46. The number of nitrogens with zero attached hydrogens (tertiary/aromatic N) is 1. The average Bonchev–Trinajstić information content (AvgIpc) is 2.46. The summed E-state index contributed by atoms with van der Waals surface area (Å²) in [7, 11) is 0. The topological polar surface area (TPSA) is 50.2 Å². The number of aliphatic carboxylic acids is 1. The third-order valence-corrected chi connectivity index (χ3v) is 5.23. The largest absolute Gasteiger partial charge is 0.481 e. The van der Waals surface area contributed by atoms with Gasteiger partial charge in [0.05, 0.1) is 5.92 Å². The quantitative estimate of drug-likeness (QED) is 0.895. The molecule has 0 aromatic carbocycles. The molecule has 1 fully saturated rings. The summed E-state index contributed by atoms with van der Waals surface area (Å²) in [5.74, 6) is 0.479. The summed E-state index contributed by atoms with van der Waals surface area (Å²) in [6.45, 7) is 2.26. The molecule has 1 heterocycles. The second kappa shape index (κ2) is 5.55. The van der Waals surface area contributed by atoms with Gasteiger partial charge in [-0.25, -0.2) is 0 Å². The molecule has 1 saturated carbocycles. The Morgan fingerprint density at radius 3 is 3.00 bits per heavy atom. The number of carbonyl (C=O) groups is 1. The van der Waals surface area contributed by atoms with E-state index in [0.29, 0.717) is 11.8 Å². The summed E-state index contributed by atoms with van der Waals surface area (Å²) in [6, 6.07) is 4.16. The number of aromatic nitrogens is 1. The lowest BCUT2D eigenvalue weighted by atomic mass is 9.65. The van der Waals surface area contributed by atoms with Crippen LogP contribution in [0.2, 0.25) is 0 Å². The number of carboxylic acid groups (broad SMARTS) is 1. The van der Waals surface area contributed by atoms with Crippen LogP contribution >= 0.6 is 0 Å². The van der Waals surface area contributed by atoms with Crippen LogP contribution in [0.4, 0.5) is 0 Å². The lowest BCUT2D eigenvalue weighted by Gasteiger charge is -2.39. The number of carboxylic acids is 1. The Hall–Kier alpha value is -1.38. The zero-order valence-corrected chi connectivity index (χ0v) is 12.1. The number of hydrogen-bond acceptors (Lipinski definition) is 2. The van der Waals surface area contributed by atoms with Crippen molar-refractivity contribution >= 4 is 5.97 Å². The van der Waals surface area contributed by atoms with Gasteiger partial charge >= 0.3 is 5.97 Å². The minimum absolute atomic E-state index is 0.177. The Morgan fingerprint density at radius 1 is 1.35 bits per heavy atom. The van der Waals surface area contributed by atoms with Gasteiger partial charge in [0.15, 0.2) is 0 Å². The van der Waals surface area contributed by atoms with Gasteiger partial charge in [0.1, 0.15) is 0 Å². The van der Waals surface area contributed by atoms with Crippen molar-refractivity contribution in [3.63, 3.8) is 0 Å². The van der Waals surface area contributed by atoms with E-state index in [0.717, 1.165) is 32.1 Å². The van der Waals surface area contributed by atoms with Gasteiger partial charge in [0, 0.05) is 17.8 Å². The van der Waals surface area contributed by atoms with Crippen molar-refractivity contribution in [3.05, 3.63) is 29.6 Å². The standard InChI is InChI=1S/C17H23NO2/c1-11-7-8-14(17(19)20)15(10-11)13-6-2-4-12-5-3-9-18-16(12)13/h3,5,9,11,13-15H,2,4,6-8,10H2,1H3,(H,19,20). The predicted octanol–water partition coefficient (Wildman–Crippen LogP) is 3.64. The molecule has 1 aromatic heterocycles. The molecule has 0 aliphatic heterocycles. The molecule has 3 nitrogen and oxygen atoms in total. The normalized spacial score (nSPS) is 33.5. The van der Waals surface area contributed by atoms with Gasteiger partial charge < -0.3 is 5.11 Å². The molecule has 108 valence electrons. The first-order valence-electron chi connectivity index (χ1n) is 7.83. The van der Waals surface area contributed by atoms with Crippen LogP contribution in [0.5, 0.6) is 0 Å². The van der Waals surface area contributed by atoms with Crippen LogP contribution in [-0.2, 0) is 11.2 Å². The highest BCUT2D eigenvalue weighted by molar-refractivity contribution is 5.70. The first-order chi connectivity index (χ1) is 9.66. The summed E-state index contributed by atoms with van der Waals surface area (Å²) >= 11 is 0. The van der Waals surface area contributed by atoms with Crippen LogP contribution in [0.1, 0.15) is 56.2 Å². The first-order valence-corrected chi connectivity index (χ1v) is 7.83. The van der Waals surface area contributed by atoms with E-state index >= 15 is 0 Å². The minimum atomic E-state index is -0.607. The average molecular weight is 273 g/mol. The molecule has 4 unspecified atom stereocenters. The van der Waals surface area contributed by atoms with Crippen molar-refractivity contribution < 1.29 is 9.90 Å². The minimum Gasteiger partial charge on any atom is -0.481 e. The fraction of sp³-hybridized carbons (Fsp3) is 0.647. The molecule has 4 atom stereocenters. The van der Waals surface area contributed by atoms with E-state index in [9.17, 15) is 9.90 Å². The van der Waals surface area contributed by atoms with E-state index in [2.05, 4.69) is 18.0 Å². The smallest absolute Gasteiger partial charge is 0.306 e. The van der Waals surface area contributed by atoms with Crippen LogP contribution in [0.25, 0.3) is 0 Å². The summed E-state index contributed by atoms with van der Waals surface area (Å²) < 4.78 is 0. The molecule has 2 aliphatic carbocycles. The Balaban J connectivity index is 1.92. The molecular weight excluding hydrogens is 250 g/mol. The summed E-state index contributed by atoms with van der Waals surface area (Å²) in [4.78, 5) is 16.2. The van der Waals surface area contributed by atoms with Gasteiger partial charge in [-0.1, -0.05) is 13.0 Å². The van der Waals surface area contributed by atoms with Crippen LogP contribution in [-0.4, -0.2) is 16.1 Å². The molecule has 1 N–H and O–H groups in total. The Labute approximate surface area is 120 Å². The van der Waals surface area contributed by atoms with Gasteiger partial charge in [-0.3, -0.25) is 9.78 Å². The van der Waals surface area contributed by atoms with E-state index in [1.165, 1.54) is 17.7 Å². The lowest BCUT2D eigenvalue weighted by Crippen LogP contribution is -2.35. The first kappa shape index (κ1) is 13.6. The maximum absolute atomic E-state index is 11.6. The molecule has 3 heteroatoms. The number of aryl methyl sites for hydroxylation is 1. The van der Waals surface area contributed by atoms with E-state index in [1.807, 2.05) is 12.3 Å². The Morgan fingerprint density at radius 2 is 2.20 bits per heavy atom. The van der Waals surface area contributed by atoms with Crippen LogP contribution in [0.15, 0.2) is 18.3 Å². The molecule has 0 radical (unpaired) electrons. The molecule has 3 rings (SSSR count). The van der Waals surface area contributed by atoms with Crippen molar-refractivity contribution in [1.82, 2.24) is 4.98 Å². The van der Waals surface area contributed by atoms with Crippen molar-refractivity contribution in [2.75, 3.05) is 0 Å². The number of fused-ring (bicyclic) bond motifs is 1. The fourth-order valence-corrected chi connectivity index (χ4v) is 4.24. The third-order valence-electron chi connectivity index (χ3n) is 5.23. The molecule has 0 spiro atoms. The maximum atomic E-state index is 11.6. The van der Waals surface area contributed by atoms with Crippen molar-refractivity contribution in [3.8, 4) is 0 Å². The van der Waals surface area contributed by atoms with Gasteiger partial charge in [-0.05, 0) is 62.0 Å². The second-order valence-electron chi connectivity index (χ2n) is 6.57. The molecule has 0 amide bonds. The SMILES string of the molecule is CC1CCC(C(=O)O)C(C2CCCc3cccnc32)C1. The zero-order valence-electron chi connectivity index (χ0n) is 12.1. The van der Waals surface area contributed by atoms with E-state index in [-0.39, 0.29) is 11.8 Å². The lowest BCUT2D eigenvalue weighted by molar-refractivity contribution is -0.146. The van der Waals surface area contributed by atoms with Crippen LogP contribution in [0, 0.1) is 17.8 Å². The molecular formula is C17H23NO2. The number of rotatable bonds is 2. The Kier molecular flexibility index (Phi) is 3.77. The molecule has 0 bridgehead atoms. The highest BCUT2D eigenvalue weighted by Crippen LogP contribution is 2.46. The zero-order chi connectivity index (χ0) is 14.1. The van der Waals surface area contributed by atoms with Crippen molar-refractivity contribution in [2.24, 2.45) is 17.8 Å². The molecule has 1 aromatic rings. The van der Waals surface area contributed by atoms with E-state index < -0.39 is 5.97 Å². The van der Waals surface area contributed by atoms with Gasteiger partial charge in [0.25, 0.3) is 0 Å². The fourth-order valence-electron chi connectivity index (χ4n) is 4.24. The second-order valence-corrected chi connectivity index (χ2v) is 6.57. The number of pyridine rings is 1. The summed E-state index contributed by atoms with van der Waals surface area (Å²) in [5, 5.41) is 9.55. The highest BCUT2D eigenvalue weighted by atomic mass is 16.4. The molecule has 20 heavy (non-hydrogen) atoms. The highest BCUT2D eigenvalue weighted by Gasteiger charge is 2.40. The van der Waals surface area contributed by atoms with Gasteiger partial charge in [-0.15, -0.1) is 0 Å². The maximum Gasteiger partial charge on any atom is 0.306 e. The number of hydrogen-bond donors (Lipinski definition) is 1.